The van der Waals surface area contributed by atoms with E-state index in [1.54, 1.807) is 0 Å². The summed E-state index contributed by atoms with van der Waals surface area (Å²) in [5.41, 5.74) is 0. The minimum Gasteiger partial charge on any atom is -0.298 e. The summed E-state index contributed by atoms with van der Waals surface area (Å²) in [5, 5.41) is 0. The van der Waals surface area contributed by atoms with Gasteiger partial charge in [-0.1, -0.05) is 12.8 Å². The van der Waals surface area contributed by atoms with Crippen molar-refractivity contribution >= 4 is 11.8 Å². The van der Waals surface area contributed by atoms with Crippen LogP contribution in [0.2, 0.25) is 0 Å². The fourth-order valence-corrected chi connectivity index (χ4v) is 5.21. The molecule has 0 aromatic rings. The summed E-state index contributed by atoms with van der Waals surface area (Å²) >= 11 is 2.19. The van der Waals surface area contributed by atoms with Gasteiger partial charge >= 0.3 is 0 Å². The molecule has 3 aliphatic rings. The molecule has 2 atom stereocenters. The summed E-state index contributed by atoms with van der Waals surface area (Å²) in [7, 11) is 0. The summed E-state index contributed by atoms with van der Waals surface area (Å²) in [4.78, 5) is 5.62. The molecule has 3 saturated heterocycles. The van der Waals surface area contributed by atoms with Crippen molar-refractivity contribution in [1.29, 1.82) is 0 Å². The van der Waals surface area contributed by atoms with Gasteiger partial charge in [0.15, 0.2) is 0 Å². The van der Waals surface area contributed by atoms with Crippen molar-refractivity contribution in [3.05, 3.63) is 0 Å². The lowest BCUT2D eigenvalue weighted by molar-refractivity contribution is 0.0808. The van der Waals surface area contributed by atoms with Crippen molar-refractivity contribution in [1.82, 2.24) is 9.80 Å². The standard InChI is InChI=1S/C14H26N2S/c1-3-7-15(8-4-1)13-11-17-12-14(13)16-9-5-2-6-10-16/h13-14H,1-12H2. The third-order valence-corrected chi connectivity index (χ3v) is 5.90. The van der Waals surface area contributed by atoms with E-state index in [1.807, 2.05) is 0 Å². The Balaban J connectivity index is 1.61. The Kier molecular flexibility index (Phi) is 4.30. The third-order valence-electron chi connectivity index (χ3n) is 4.74. The van der Waals surface area contributed by atoms with Gasteiger partial charge in [0.1, 0.15) is 0 Å². The van der Waals surface area contributed by atoms with Crippen LogP contribution < -0.4 is 0 Å². The highest BCUT2D eigenvalue weighted by Crippen LogP contribution is 2.30. The molecule has 0 aromatic heterocycles. The van der Waals surface area contributed by atoms with E-state index in [2.05, 4.69) is 21.6 Å². The van der Waals surface area contributed by atoms with Crippen LogP contribution in [-0.4, -0.2) is 59.6 Å². The van der Waals surface area contributed by atoms with Crippen LogP contribution in [0.1, 0.15) is 38.5 Å². The Morgan fingerprint density at radius 3 is 1.41 bits per heavy atom. The van der Waals surface area contributed by atoms with E-state index < -0.39 is 0 Å². The Morgan fingerprint density at radius 1 is 0.588 bits per heavy atom. The van der Waals surface area contributed by atoms with Gasteiger partial charge in [0, 0.05) is 23.6 Å². The maximum Gasteiger partial charge on any atom is 0.0350 e. The van der Waals surface area contributed by atoms with Gasteiger partial charge in [-0.3, -0.25) is 9.80 Å². The first-order chi connectivity index (χ1) is 8.45. The largest absolute Gasteiger partial charge is 0.298 e. The molecule has 3 aliphatic heterocycles. The molecule has 2 nitrogen and oxygen atoms in total. The number of likely N-dealkylation sites (tertiary alicyclic amines) is 2. The van der Waals surface area contributed by atoms with Crippen molar-refractivity contribution in [2.45, 2.75) is 50.6 Å². The number of thioether (sulfide) groups is 1. The van der Waals surface area contributed by atoms with Crippen LogP contribution in [0.4, 0.5) is 0 Å². The van der Waals surface area contributed by atoms with Crippen molar-refractivity contribution in [3.63, 3.8) is 0 Å². The molecule has 17 heavy (non-hydrogen) atoms. The number of hydrogen-bond acceptors (Lipinski definition) is 3. The molecule has 0 aliphatic carbocycles. The molecule has 0 radical (unpaired) electrons. The number of rotatable bonds is 2. The first-order valence-electron chi connectivity index (χ1n) is 7.51. The van der Waals surface area contributed by atoms with Gasteiger partial charge < -0.3 is 0 Å². The maximum absolute atomic E-state index is 2.81. The second kappa shape index (κ2) is 5.94. The van der Waals surface area contributed by atoms with E-state index in [0.29, 0.717) is 0 Å². The smallest absolute Gasteiger partial charge is 0.0350 e. The van der Waals surface area contributed by atoms with Gasteiger partial charge in [-0.05, 0) is 51.9 Å². The number of nitrogens with zero attached hydrogens (tertiary/aromatic N) is 2. The van der Waals surface area contributed by atoms with Gasteiger partial charge in [0.2, 0.25) is 0 Å². The quantitative estimate of drug-likeness (QED) is 0.747. The van der Waals surface area contributed by atoms with Crippen LogP contribution in [0, 0.1) is 0 Å². The second-order valence-electron chi connectivity index (χ2n) is 5.87. The average Bonchev–Trinajstić information content (AvgIpc) is 2.90. The Morgan fingerprint density at radius 2 is 1.00 bits per heavy atom. The fourth-order valence-electron chi connectivity index (χ4n) is 3.73. The molecule has 0 bridgehead atoms. The van der Waals surface area contributed by atoms with Crippen molar-refractivity contribution in [2.75, 3.05) is 37.7 Å². The normalized spacial score (nSPS) is 37.4. The van der Waals surface area contributed by atoms with E-state index in [4.69, 9.17) is 0 Å². The van der Waals surface area contributed by atoms with Crippen LogP contribution >= 0.6 is 11.8 Å². The van der Waals surface area contributed by atoms with Crippen LogP contribution in [0.25, 0.3) is 0 Å². The summed E-state index contributed by atoms with van der Waals surface area (Å²) < 4.78 is 0. The average molecular weight is 254 g/mol. The van der Waals surface area contributed by atoms with E-state index in [0.717, 1.165) is 12.1 Å². The molecule has 0 saturated carbocycles. The predicted octanol–water partition coefficient (Wildman–Crippen LogP) is 2.44. The summed E-state index contributed by atoms with van der Waals surface area (Å²) in [5.74, 6) is 2.78. The van der Waals surface area contributed by atoms with Gasteiger partial charge in [-0.15, -0.1) is 0 Å². The van der Waals surface area contributed by atoms with Gasteiger partial charge in [-0.25, -0.2) is 0 Å². The molecule has 3 rings (SSSR count). The van der Waals surface area contributed by atoms with Gasteiger partial charge in [0.25, 0.3) is 0 Å². The first kappa shape index (κ1) is 12.3. The van der Waals surface area contributed by atoms with Gasteiger partial charge in [0.05, 0.1) is 0 Å². The predicted molar refractivity (Wildman–Crippen MR) is 75.7 cm³/mol. The van der Waals surface area contributed by atoms with E-state index in [1.165, 1.54) is 76.2 Å². The molecule has 0 aromatic carbocycles. The summed E-state index contributed by atoms with van der Waals surface area (Å²) in [6.45, 7) is 5.48. The molecular weight excluding hydrogens is 228 g/mol. The lowest BCUT2D eigenvalue weighted by atomic mass is 10.0. The molecule has 0 N–H and O–H groups in total. The zero-order valence-electron chi connectivity index (χ0n) is 10.9. The lowest BCUT2D eigenvalue weighted by Crippen LogP contribution is -2.53. The minimum atomic E-state index is 0.874. The van der Waals surface area contributed by atoms with Crippen LogP contribution in [-0.2, 0) is 0 Å². The Labute approximate surface area is 110 Å². The molecule has 3 heterocycles. The molecule has 2 unspecified atom stereocenters. The van der Waals surface area contributed by atoms with Crippen LogP contribution in [0.3, 0.4) is 0 Å². The maximum atomic E-state index is 2.81. The van der Waals surface area contributed by atoms with E-state index in [-0.39, 0.29) is 0 Å². The topological polar surface area (TPSA) is 6.48 Å². The van der Waals surface area contributed by atoms with Crippen molar-refractivity contribution in [2.24, 2.45) is 0 Å². The highest BCUT2D eigenvalue weighted by molar-refractivity contribution is 7.99. The summed E-state index contributed by atoms with van der Waals surface area (Å²) in [6, 6.07) is 1.75. The van der Waals surface area contributed by atoms with Crippen molar-refractivity contribution in [3.8, 4) is 0 Å². The molecule has 0 spiro atoms. The third kappa shape index (κ3) is 2.82. The van der Waals surface area contributed by atoms with E-state index in [9.17, 15) is 0 Å². The summed E-state index contributed by atoms with van der Waals surface area (Å²) in [6.07, 6.45) is 8.68. The monoisotopic (exact) mass is 254 g/mol. The minimum absolute atomic E-state index is 0.874. The van der Waals surface area contributed by atoms with Gasteiger partial charge in [-0.2, -0.15) is 11.8 Å². The SMILES string of the molecule is C1CCN(C2CSCC2N2CCCCC2)CC1. The fraction of sp³-hybridized carbons (Fsp3) is 1.00. The van der Waals surface area contributed by atoms with Crippen LogP contribution in [0.5, 0.6) is 0 Å². The van der Waals surface area contributed by atoms with Crippen molar-refractivity contribution < 1.29 is 0 Å². The van der Waals surface area contributed by atoms with Crippen LogP contribution in [0.15, 0.2) is 0 Å². The number of piperidine rings is 2. The van der Waals surface area contributed by atoms with E-state index >= 15 is 0 Å². The highest BCUT2D eigenvalue weighted by atomic mass is 32.2. The molecular formula is C14H26N2S. The Hall–Kier alpha value is 0.270. The zero-order valence-corrected chi connectivity index (χ0v) is 11.8. The highest BCUT2D eigenvalue weighted by Gasteiger charge is 2.36. The lowest BCUT2D eigenvalue weighted by Gasteiger charge is -2.41. The first-order valence-corrected chi connectivity index (χ1v) is 8.66. The molecule has 3 fully saturated rings. The zero-order chi connectivity index (χ0) is 11.5. The molecule has 98 valence electrons. The molecule has 3 heteroatoms. The Bertz CT molecular complexity index is 210. The number of hydrogen-bond donors (Lipinski definition) is 0. The second-order valence-corrected chi connectivity index (χ2v) is 6.94. The molecule has 0 amide bonds.